The summed E-state index contributed by atoms with van der Waals surface area (Å²) in [5.41, 5.74) is 3.02. The molecule has 0 aliphatic carbocycles. The van der Waals surface area contributed by atoms with Crippen LogP contribution in [0.3, 0.4) is 0 Å². The van der Waals surface area contributed by atoms with Crippen molar-refractivity contribution in [2.24, 2.45) is 0 Å². The minimum atomic E-state index is -0.0689. The number of nitrogens with zero attached hydrogens (tertiary/aromatic N) is 1. The molecule has 1 heterocycles. The summed E-state index contributed by atoms with van der Waals surface area (Å²) in [4.78, 5) is 16.7. The molecule has 152 valence electrons. The van der Waals surface area contributed by atoms with Crippen molar-refractivity contribution in [1.82, 2.24) is 4.98 Å². The molecule has 3 rings (SSSR count). The molecular formula is C22H23BrN2O3S. The Kier molecular flexibility index (Phi) is 7.66. The van der Waals surface area contributed by atoms with Crippen molar-refractivity contribution in [3.05, 3.63) is 57.9 Å². The molecular weight excluding hydrogens is 452 g/mol. The molecule has 1 amide bonds. The summed E-state index contributed by atoms with van der Waals surface area (Å²) >= 11 is 4.93. The van der Waals surface area contributed by atoms with Gasteiger partial charge in [-0.3, -0.25) is 4.79 Å². The van der Waals surface area contributed by atoms with Crippen LogP contribution in [-0.2, 0) is 11.2 Å². The number of carbonyl (C=O) groups is 1. The standard InChI is InChI=1S/C22H23BrN2O3S/c1-3-15-9-10-20(18(23)12-15)28-11-5-8-21(26)25-22-24-19(14-29-22)16-6-4-7-17(13-16)27-2/h4,6-7,9-10,12-14H,3,5,8,11H2,1-2H3,(H,24,25,26). The van der Waals surface area contributed by atoms with E-state index in [1.165, 1.54) is 16.9 Å². The molecule has 5 nitrogen and oxygen atoms in total. The van der Waals surface area contributed by atoms with Crippen molar-refractivity contribution in [2.45, 2.75) is 26.2 Å². The number of anilines is 1. The van der Waals surface area contributed by atoms with Gasteiger partial charge in [0.2, 0.25) is 5.91 Å². The molecule has 1 N–H and O–H groups in total. The molecule has 0 aliphatic rings. The number of hydrogen-bond acceptors (Lipinski definition) is 5. The molecule has 0 spiro atoms. The average molecular weight is 475 g/mol. The molecule has 0 radical (unpaired) electrons. The van der Waals surface area contributed by atoms with E-state index < -0.39 is 0 Å². The van der Waals surface area contributed by atoms with Crippen LogP contribution in [-0.4, -0.2) is 24.6 Å². The molecule has 0 atom stereocenters. The van der Waals surface area contributed by atoms with E-state index in [4.69, 9.17) is 9.47 Å². The minimum Gasteiger partial charge on any atom is -0.497 e. The van der Waals surface area contributed by atoms with Crippen LogP contribution in [0.15, 0.2) is 52.3 Å². The van der Waals surface area contributed by atoms with Crippen LogP contribution < -0.4 is 14.8 Å². The van der Waals surface area contributed by atoms with Crippen LogP contribution in [0.2, 0.25) is 0 Å². The number of carbonyl (C=O) groups excluding carboxylic acids is 1. The molecule has 2 aromatic carbocycles. The lowest BCUT2D eigenvalue weighted by molar-refractivity contribution is -0.116. The summed E-state index contributed by atoms with van der Waals surface area (Å²) in [7, 11) is 1.63. The fraction of sp³-hybridized carbons (Fsp3) is 0.273. The highest BCUT2D eigenvalue weighted by Crippen LogP contribution is 2.28. The maximum atomic E-state index is 12.2. The number of nitrogens with one attached hydrogen (secondary N) is 1. The number of methoxy groups -OCH3 is 1. The number of amides is 1. The Balaban J connectivity index is 1.46. The summed E-state index contributed by atoms with van der Waals surface area (Å²) in [5, 5.41) is 5.37. The fourth-order valence-corrected chi connectivity index (χ4v) is 4.00. The van der Waals surface area contributed by atoms with E-state index >= 15 is 0 Å². The molecule has 7 heteroatoms. The maximum Gasteiger partial charge on any atom is 0.226 e. The van der Waals surface area contributed by atoms with Gasteiger partial charge >= 0.3 is 0 Å². The minimum absolute atomic E-state index is 0.0689. The Bertz CT molecular complexity index is 974. The van der Waals surface area contributed by atoms with E-state index in [9.17, 15) is 4.79 Å². The van der Waals surface area contributed by atoms with E-state index in [-0.39, 0.29) is 5.91 Å². The van der Waals surface area contributed by atoms with Gasteiger partial charge in [0.1, 0.15) is 11.5 Å². The number of hydrogen-bond donors (Lipinski definition) is 1. The molecule has 0 unspecified atom stereocenters. The SMILES string of the molecule is CCc1ccc(OCCCC(=O)Nc2nc(-c3cccc(OC)c3)cs2)c(Br)c1. The van der Waals surface area contributed by atoms with Gasteiger partial charge in [-0.1, -0.05) is 25.1 Å². The maximum absolute atomic E-state index is 12.2. The second-order valence-electron chi connectivity index (χ2n) is 6.39. The second kappa shape index (κ2) is 10.4. The van der Waals surface area contributed by atoms with E-state index in [1.807, 2.05) is 35.7 Å². The van der Waals surface area contributed by atoms with Crippen LogP contribution in [0.25, 0.3) is 11.3 Å². The van der Waals surface area contributed by atoms with Gasteiger partial charge in [-0.2, -0.15) is 0 Å². The lowest BCUT2D eigenvalue weighted by atomic mass is 10.2. The van der Waals surface area contributed by atoms with Crippen LogP contribution >= 0.6 is 27.3 Å². The lowest BCUT2D eigenvalue weighted by Gasteiger charge is -2.09. The van der Waals surface area contributed by atoms with Gasteiger partial charge in [-0.25, -0.2) is 4.98 Å². The molecule has 0 aliphatic heterocycles. The number of thiazole rings is 1. The summed E-state index contributed by atoms with van der Waals surface area (Å²) < 4.78 is 12.0. The van der Waals surface area contributed by atoms with Gasteiger partial charge < -0.3 is 14.8 Å². The Labute approximate surface area is 183 Å². The van der Waals surface area contributed by atoms with Gasteiger partial charge in [0.15, 0.2) is 5.13 Å². The van der Waals surface area contributed by atoms with Crippen LogP contribution in [0.5, 0.6) is 11.5 Å². The smallest absolute Gasteiger partial charge is 0.226 e. The Morgan fingerprint density at radius 2 is 2.10 bits per heavy atom. The number of aromatic nitrogens is 1. The molecule has 0 bridgehead atoms. The first-order chi connectivity index (χ1) is 14.1. The Morgan fingerprint density at radius 3 is 2.86 bits per heavy atom. The first kappa shape index (κ1) is 21.3. The summed E-state index contributed by atoms with van der Waals surface area (Å²) in [6.07, 6.45) is 1.98. The zero-order chi connectivity index (χ0) is 20.6. The second-order valence-corrected chi connectivity index (χ2v) is 8.10. The molecule has 0 saturated heterocycles. The monoisotopic (exact) mass is 474 g/mol. The highest BCUT2D eigenvalue weighted by molar-refractivity contribution is 9.10. The fourth-order valence-electron chi connectivity index (χ4n) is 2.72. The van der Waals surface area contributed by atoms with Gasteiger partial charge in [0, 0.05) is 17.4 Å². The van der Waals surface area contributed by atoms with Gasteiger partial charge in [-0.05, 0) is 58.6 Å². The predicted molar refractivity (Wildman–Crippen MR) is 121 cm³/mol. The molecule has 29 heavy (non-hydrogen) atoms. The molecule has 1 aromatic heterocycles. The van der Waals surface area contributed by atoms with Gasteiger partial charge in [0.25, 0.3) is 0 Å². The highest BCUT2D eigenvalue weighted by atomic mass is 79.9. The number of benzene rings is 2. The first-order valence-electron chi connectivity index (χ1n) is 9.40. The normalized spacial score (nSPS) is 10.6. The summed E-state index contributed by atoms with van der Waals surface area (Å²) in [6.45, 7) is 2.59. The van der Waals surface area contributed by atoms with Gasteiger partial charge in [-0.15, -0.1) is 11.3 Å². The number of halogens is 1. The third-order valence-electron chi connectivity index (χ3n) is 4.33. The zero-order valence-electron chi connectivity index (χ0n) is 16.4. The van der Waals surface area contributed by atoms with E-state index in [1.54, 1.807) is 7.11 Å². The van der Waals surface area contributed by atoms with Crippen LogP contribution in [0, 0.1) is 0 Å². The van der Waals surface area contributed by atoms with Crippen molar-refractivity contribution < 1.29 is 14.3 Å². The number of ether oxygens (including phenoxy) is 2. The molecule has 0 saturated carbocycles. The lowest BCUT2D eigenvalue weighted by Crippen LogP contribution is -2.12. The van der Waals surface area contributed by atoms with Crippen LogP contribution in [0.1, 0.15) is 25.3 Å². The number of rotatable bonds is 9. The van der Waals surface area contributed by atoms with Crippen molar-refractivity contribution in [2.75, 3.05) is 19.0 Å². The van der Waals surface area contributed by atoms with Crippen molar-refractivity contribution >= 4 is 38.3 Å². The predicted octanol–water partition coefficient (Wildman–Crippen LogP) is 5.94. The number of aryl methyl sites for hydroxylation is 1. The Morgan fingerprint density at radius 1 is 1.24 bits per heavy atom. The molecule has 0 fully saturated rings. The third-order valence-corrected chi connectivity index (χ3v) is 5.70. The Hall–Kier alpha value is -2.38. The molecule has 3 aromatic rings. The largest absolute Gasteiger partial charge is 0.497 e. The third kappa shape index (κ3) is 6.05. The summed E-state index contributed by atoms with van der Waals surface area (Å²) in [6, 6.07) is 13.8. The first-order valence-corrected chi connectivity index (χ1v) is 11.1. The van der Waals surface area contributed by atoms with E-state index in [0.29, 0.717) is 24.6 Å². The van der Waals surface area contributed by atoms with Crippen molar-refractivity contribution in [3.63, 3.8) is 0 Å². The topological polar surface area (TPSA) is 60.5 Å². The highest BCUT2D eigenvalue weighted by Gasteiger charge is 2.09. The van der Waals surface area contributed by atoms with Crippen LogP contribution in [0.4, 0.5) is 5.13 Å². The van der Waals surface area contributed by atoms with Crippen molar-refractivity contribution in [1.29, 1.82) is 0 Å². The zero-order valence-corrected chi connectivity index (χ0v) is 18.8. The van der Waals surface area contributed by atoms with Crippen molar-refractivity contribution in [3.8, 4) is 22.8 Å². The summed E-state index contributed by atoms with van der Waals surface area (Å²) in [5.74, 6) is 1.50. The van der Waals surface area contributed by atoms with Gasteiger partial charge in [0.05, 0.1) is 23.9 Å². The quantitative estimate of drug-likeness (QED) is 0.389. The average Bonchev–Trinajstić information content (AvgIpc) is 3.20. The van der Waals surface area contributed by atoms with E-state index in [2.05, 4.69) is 45.3 Å². The van der Waals surface area contributed by atoms with E-state index in [0.717, 1.165) is 33.6 Å².